The lowest BCUT2D eigenvalue weighted by Gasteiger charge is -2.25. The molecule has 3 nitrogen and oxygen atoms in total. The first-order valence-electron chi connectivity index (χ1n) is 6.45. The quantitative estimate of drug-likeness (QED) is 0.813. The molecule has 1 saturated carbocycles. The van der Waals surface area contributed by atoms with Gasteiger partial charge in [0.1, 0.15) is 0 Å². The Morgan fingerprint density at radius 1 is 1.29 bits per heavy atom. The molecule has 0 atom stereocenters. The van der Waals surface area contributed by atoms with Gasteiger partial charge in [-0.15, -0.1) is 11.8 Å². The molecule has 4 heteroatoms. The van der Waals surface area contributed by atoms with Gasteiger partial charge < -0.3 is 10.4 Å². The summed E-state index contributed by atoms with van der Waals surface area (Å²) < 4.78 is 0.145. The maximum atomic E-state index is 11.6. The van der Waals surface area contributed by atoms with E-state index in [1.807, 2.05) is 0 Å². The zero-order valence-electron chi connectivity index (χ0n) is 11.2. The Morgan fingerprint density at radius 2 is 1.88 bits per heavy atom. The maximum Gasteiger partial charge on any atom is 0.230 e. The average Bonchev–Trinajstić information content (AvgIpc) is 2.25. The molecule has 17 heavy (non-hydrogen) atoms. The molecule has 0 bridgehead atoms. The van der Waals surface area contributed by atoms with E-state index in [1.165, 1.54) is 0 Å². The Kier molecular flexibility index (Phi) is 5.80. The third-order valence-electron chi connectivity index (χ3n) is 3.04. The summed E-state index contributed by atoms with van der Waals surface area (Å²) in [5.41, 5.74) is 0. The topological polar surface area (TPSA) is 49.3 Å². The number of rotatable bonds is 4. The minimum absolute atomic E-state index is 0.113. The number of carbonyl (C=O) groups excluding carboxylic acids is 1. The molecule has 1 fully saturated rings. The van der Waals surface area contributed by atoms with Crippen molar-refractivity contribution in [2.45, 2.75) is 57.3 Å². The molecule has 1 rings (SSSR count). The Morgan fingerprint density at radius 3 is 2.41 bits per heavy atom. The molecule has 0 aromatic carbocycles. The van der Waals surface area contributed by atoms with Crippen molar-refractivity contribution in [2.24, 2.45) is 5.92 Å². The second-order valence-corrected chi connectivity index (χ2v) is 7.68. The minimum Gasteiger partial charge on any atom is -0.393 e. The lowest BCUT2D eigenvalue weighted by Crippen LogP contribution is -2.33. The maximum absolute atomic E-state index is 11.6. The first-order chi connectivity index (χ1) is 7.87. The first-order valence-corrected chi connectivity index (χ1v) is 7.44. The largest absolute Gasteiger partial charge is 0.393 e. The molecular formula is C13H25NO2S. The van der Waals surface area contributed by atoms with Crippen LogP contribution in [0.15, 0.2) is 0 Å². The van der Waals surface area contributed by atoms with Crippen LogP contribution in [0.5, 0.6) is 0 Å². The number of hydrogen-bond acceptors (Lipinski definition) is 3. The lowest BCUT2D eigenvalue weighted by molar-refractivity contribution is -0.118. The number of thioether (sulfide) groups is 1. The van der Waals surface area contributed by atoms with Crippen LogP contribution in [0.3, 0.4) is 0 Å². The summed E-state index contributed by atoms with van der Waals surface area (Å²) in [5, 5.41) is 12.4. The van der Waals surface area contributed by atoms with Crippen molar-refractivity contribution in [1.29, 1.82) is 0 Å². The smallest absolute Gasteiger partial charge is 0.230 e. The van der Waals surface area contributed by atoms with Gasteiger partial charge in [-0.05, 0) is 31.6 Å². The molecular weight excluding hydrogens is 234 g/mol. The summed E-state index contributed by atoms with van der Waals surface area (Å²) in [6.45, 7) is 7.13. The second kappa shape index (κ2) is 6.64. The van der Waals surface area contributed by atoms with Crippen LogP contribution in [0.2, 0.25) is 0 Å². The van der Waals surface area contributed by atoms with Gasteiger partial charge in [-0.2, -0.15) is 0 Å². The molecule has 1 aliphatic rings. The van der Waals surface area contributed by atoms with Crippen molar-refractivity contribution in [1.82, 2.24) is 5.32 Å². The van der Waals surface area contributed by atoms with Crippen molar-refractivity contribution in [3.8, 4) is 0 Å². The Labute approximate surface area is 109 Å². The second-order valence-electron chi connectivity index (χ2n) is 5.88. The molecule has 0 aliphatic heterocycles. The molecule has 0 saturated heterocycles. The van der Waals surface area contributed by atoms with Crippen LogP contribution in [0, 0.1) is 5.92 Å². The van der Waals surface area contributed by atoms with E-state index in [0.29, 0.717) is 11.7 Å². The van der Waals surface area contributed by atoms with E-state index in [-0.39, 0.29) is 16.8 Å². The first kappa shape index (κ1) is 14.8. The number of amides is 1. The fourth-order valence-corrected chi connectivity index (χ4v) is 2.61. The molecule has 1 aliphatic carbocycles. The van der Waals surface area contributed by atoms with E-state index in [2.05, 4.69) is 26.1 Å². The van der Waals surface area contributed by atoms with Crippen LogP contribution in [-0.4, -0.2) is 34.2 Å². The van der Waals surface area contributed by atoms with Crippen LogP contribution >= 0.6 is 11.8 Å². The predicted octanol–water partition coefficient (Wildman–Crippen LogP) is 2.19. The summed E-state index contributed by atoms with van der Waals surface area (Å²) in [7, 11) is 0. The van der Waals surface area contributed by atoms with Crippen LogP contribution in [0.4, 0.5) is 0 Å². The van der Waals surface area contributed by atoms with Crippen molar-refractivity contribution in [3.63, 3.8) is 0 Å². The van der Waals surface area contributed by atoms with Gasteiger partial charge in [0.2, 0.25) is 5.91 Å². The Balaban J connectivity index is 2.11. The highest BCUT2D eigenvalue weighted by molar-refractivity contribution is 8.01. The molecule has 0 aromatic heterocycles. The number of aliphatic hydroxyl groups is 1. The SMILES string of the molecule is CC(C)(C)SCC(=O)NCC1CCC(O)CC1. The number of carbonyl (C=O) groups is 1. The van der Waals surface area contributed by atoms with Gasteiger partial charge in [-0.3, -0.25) is 4.79 Å². The van der Waals surface area contributed by atoms with E-state index >= 15 is 0 Å². The van der Waals surface area contributed by atoms with Gasteiger partial charge in [0.25, 0.3) is 0 Å². The van der Waals surface area contributed by atoms with Crippen molar-refractivity contribution >= 4 is 17.7 Å². The summed E-state index contributed by atoms with van der Waals surface area (Å²) in [4.78, 5) is 11.6. The minimum atomic E-state index is -0.113. The highest BCUT2D eigenvalue weighted by atomic mass is 32.2. The summed E-state index contributed by atoms with van der Waals surface area (Å²) in [5.74, 6) is 1.23. The number of nitrogens with one attached hydrogen (secondary N) is 1. The Bertz CT molecular complexity index is 242. The van der Waals surface area contributed by atoms with Gasteiger partial charge >= 0.3 is 0 Å². The molecule has 100 valence electrons. The third kappa shape index (κ3) is 6.94. The van der Waals surface area contributed by atoms with E-state index in [9.17, 15) is 9.90 Å². The van der Waals surface area contributed by atoms with Gasteiger partial charge in [0.15, 0.2) is 0 Å². The summed E-state index contributed by atoms with van der Waals surface area (Å²) in [6.07, 6.45) is 3.73. The zero-order chi connectivity index (χ0) is 12.9. The number of aliphatic hydroxyl groups excluding tert-OH is 1. The number of hydrogen-bond donors (Lipinski definition) is 2. The van der Waals surface area contributed by atoms with E-state index < -0.39 is 0 Å². The summed E-state index contributed by atoms with van der Waals surface area (Å²) >= 11 is 1.68. The van der Waals surface area contributed by atoms with Crippen molar-refractivity contribution in [3.05, 3.63) is 0 Å². The standard InChI is InChI=1S/C13H25NO2S/c1-13(2,3)17-9-12(16)14-8-10-4-6-11(15)7-5-10/h10-11,15H,4-9H2,1-3H3,(H,14,16). The van der Waals surface area contributed by atoms with Gasteiger partial charge in [0.05, 0.1) is 11.9 Å². The molecule has 0 aromatic rings. The molecule has 0 heterocycles. The molecule has 0 unspecified atom stereocenters. The van der Waals surface area contributed by atoms with Crippen LogP contribution in [0.1, 0.15) is 46.5 Å². The van der Waals surface area contributed by atoms with Gasteiger partial charge in [0, 0.05) is 11.3 Å². The van der Waals surface area contributed by atoms with Crippen LogP contribution < -0.4 is 5.32 Å². The highest BCUT2D eigenvalue weighted by Gasteiger charge is 2.20. The summed E-state index contributed by atoms with van der Waals surface area (Å²) in [6, 6.07) is 0. The molecule has 1 amide bonds. The lowest BCUT2D eigenvalue weighted by atomic mass is 9.87. The van der Waals surface area contributed by atoms with Gasteiger partial charge in [-0.1, -0.05) is 20.8 Å². The molecule has 0 spiro atoms. The van der Waals surface area contributed by atoms with E-state index in [4.69, 9.17) is 0 Å². The third-order valence-corrected chi connectivity index (χ3v) is 4.31. The van der Waals surface area contributed by atoms with Crippen molar-refractivity contribution < 1.29 is 9.90 Å². The monoisotopic (exact) mass is 259 g/mol. The fraction of sp³-hybridized carbons (Fsp3) is 0.923. The normalized spacial score (nSPS) is 25.6. The van der Waals surface area contributed by atoms with Crippen LogP contribution in [-0.2, 0) is 4.79 Å². The highest BCUT2D eigenvalue weighted by Crippen LogP contribution is 2.24. The van der Waals surface area contributed by atoms with Gasteiger partial charge in [-0.25, -0.2) is 0 Å². The fourth-order valence-electron chi connectivity index (χ4n) is 1.94. The predicted molar refractivity (Wildman–Crippen MR) is 73.2 cm³/mol. The van der Waals surface area contributed by atoms with E-state index in [0.717, 1.165) is 32.2 Å². The molecule has 0 radical (unpaired) electrons. The Hall–Kier alpha value is -0.220. The van der Waals surface area contributed by atoms with E-state index in [1.54, 1.807) is 11.8 Å². The molecule has 2 N–H and O–H groups in total. The van der Waals surface area contributed by atoms with Crippen molar-refractivity contribution in [2.75, 3.05) is 12.3 Å². The zero-order valence-corrected chi connectivity index (χ0v) is 12.0. The van der Waals surface area contributed by atoms with Crippen LogP contribution in [0.25, 0.3) is 0 Å². The average molecular weight is 259 g/mol.